The minimum absolute atomic E-state index is 0.139. The largest absolute Gasteiger partial charge is 0.496 e. The van der Waals surface area contributed by atoms with E-state index in [2.05, 4.69) is 15.9 Å². The fourth-order valence-electron chi connectivity index (χ4n) is 2.06. The molecule has 0 aliphatic rings. The topological polar surface area (TPSA) is 26.3 Å². The molecule has 5 heteroatoms. The number of hydrogen-bond acceptors (Lipinski definition) is 2. The van der Waals surface area contributed by atoms with Crippen LogP contribution in [0.4, 0.5) is 8.78 Å². The lowest BCUT2D eigenvalue weighted by Crippen LogP contribution is -2.11. The van der Waals surface area contributed by atoms with Gasteiger partial charge in [0.25, 0.3) is 0 Å². The molecule has 0 fully saturated rings. The quantitative estimate of drug-likeness (QED) is 0.757. The molecule has 2 rings (SSSR count). The Hall–Kier alpha value is -1.75. The minimum Gasteiger partial charge on any atom is -0.496 e. The van der Waals surface area contributed by atoms with Gasteiger partial charge in [0.2, 0.25) is 0 Å². The summed E-state index contributed by atoms with van der Waals surface area (Å²) in [5.74, 6) is -1.78. The van der Waals surface area contributed by atoms with E-state index < -0.39 is 23.0 Å². The van der Waals surface area contributed by atoms with E-state index in [-0.39, 0.29) is 12.0 Å². The van der Waals surface area contributed by atoms with Crippen LogP contribution in [0.2, 0.25) is 0 Å². The van der Waals surface area contributed by atoms with E-state index in [0.717, 1.165) is 10.5 Å². The van der Waals surface area contributed by atoms with E-state index in [1.807, 2.05) is 0 Å². The summed E-state index contributed by atoms with van der Waals surface area (Å²) in [5.41, 5.74) is 0.301. The van der Waals surface area contributed by atoms with Crippen LogP contribution in [0.5, 0.6) is 5.75 Å². The SMILES string of the molecule is COc1ccc(Br)cc1CC(=O)c1c(F)ccc(C)c1F. The lowest BCUT2D eigenvalue weighted by Gasteiger charge is -2.10. The van der Waals surface area contributed by atoms with Crippen LogP contribution in [-0.2, 0) is 6.42 Å². The number of aryl methyl sites for hydroxylation is 1. The molecule has 2 nitrogen and oxygen atoms in total. The maximum Gasteiger partial charge on any atom is 0.173 e. The Balaban J connectivity index is 2.39. The molecule has 0 aromatic heterocycles. The van der Waals surface area contributed by atoms with E-state index >= 15 is 0 Å². The van der Waals surface area contributed by atoms with Gasteiger partial charge in [-0.1, -0.05) is 22.0 Å². The summed E-state index contributed by atoms with van der Waals surface area (Å²) >= 11 is 3.30. The zero-order valence-corrected chi connectivity index (χ0v) is 13.1. The van der Waals surface area contributed by atoms with Gasteiger partial charge in [0.15, 0.2) is 5.78 Å². The van der Waals surface area contributed by atoms with Crippen LogP contribution >= 0.6 is 15.9 Å². The summed E-state index contributed by atoms with van der Waals surface area (Å²) in [5, 5.41) is 0. The van der Waals surface area contributed by atoms with Gasteiger partial charge in [-0.3, -0.25) is 4.79 Å². The molecule has 0 unspecified atom stereocenters. The molecule has 0 saturated carbocycles. The first-order valence-corrected chi connectivity index (χ1v) is 7.03. The molecule has 0 amide bonds. The molecule has 21 heavy (non-hydrogen) atoms. The molecule has 0 bridgehead atoms. The summed E-state index contributed by atoms with van der Waals surface area (Å²) in [7, 11) is 1.48. The third kappa shape index (κ3) is 3.29. The fourth-order valence-corrected chi connectivity index (χ4v) is 2.47. The highest BCUT2D eigenvalue weighted by atomic mass is 79.9. The summed E-state index contributed by atoms with van der Waals surface area (Å²) in [6, 6.07) is 7.56. The Labute approximate surface area is 129 Å². The van der Waals surface area contributed by atoms with Gasteiger partial charge in [-0.05, 0) is 36.8 Å². The average Bonchev–Trinajstić information content (AvgIpc) is 2.43. The Bertz CT molecular complexity index is 699. The predicted molar refractivity (Wildman–Crippen MR) is 79.8 cm³/mol. The van der Waals surface area contributed by atoms with Crippen LogP contribution in [0, 0.1) is 18.6 Å². The van der Waals surface area contributed by atoms with E-state index in [0.29, 0.717) is 11.3 Å². The lowest BCUT2D eigenvalue weighted by molar-refractivity contribution is 0.0984. The van der Waals surface area contributed by atoms with Gasteiger partial charge in [-0.15, -0.1) is 0 Å². The molecule has 0 N–H and O–H groups in total. The van der Waals surface area contributed by atoms with Gasteiger partial charge in [-0.25, -0.2) is 8.78 Å². The van der Waals surface area contributed by atoms with E-state index in [1.54, 1.807) is 18.2 Å². The van der Waals surface area contributed by atoms with Crippen LogP contribution < -0.4 is 4.74 Å². The second kappa shape index (κ2) is 6.35. The van der Waals surface area contributed by atoms with Crippen LogP contribution in [0.1, 0.15) is 21.5 Å². The average molecular weight is 355 g/mol. The highest BCUT2D eigenvalue weighted by molar-refractivity contribution is 9.10. The first kappa shape index (κ1) is 15.6. The summed E-state index contributed by atoms with van der Waals surface area (Å²) in [6.45, 7) is 1.49. The number of carbonyl (C=O) groups is 1. The molecule has 0 heterocycles. The van der Waals surface area contributed by atoms with Gasteiger partial charge < -0.3 is 4.74 Å². The van der Waals surface area contributed by atoms with Crippen LogP contribution in [0.25, 0.3) is 0 Å². The molecular formula is C16H13BrF2O2. The van der Waals surface area contributed by atoms with Gasteiger partial charge in [-0.2, -0.15) is 0 Å². The lowest BCUT2D eigenvalue weighted by atomic mass is 9.99. The molecule has 110 valence electrons. The van der Waals surface area contributed by atoms with Gasteiger partial charge >= 0.3 is 0 Å². The van der Waals surface area contributed by atoms with Crippen molar-refractivity contribution in [3.05, 3.63) is 63.1 Å². The van der Waals surface area contributed by atoms with E-state index in [9.17, 15) is 13.6 Å². The molecule has 0 radical (unpaired) electrons. The van der Waals surface area contributed by atoms with Crippen molar-refractivity contribution in [2.24, 2.45) is 0 Å². The monoisotopic (exact) mass is 354 g/mol. The predicted octanol–water partition coefficient (Wildman–Crippen LogP) is 4.47. The van der Waals surface area contributed by atoms with Crippen molar-refractivity contribution in [3.8, 4) is 5.75 Å². The standard InChI is InChI=1S/C16H13BrF2O2/c1-9-3-5-12(18)15(16(9)19)13(20)8-10-7-11(17)4-6-14(10)21-2/h3-7H,8H2,1-2H3. The van der Waals surface area contributed by atoms with Gasteiger partial charge in [0.1, 0.15) is 17.4 Å². The van der Waals surface area contributed by atoms with Crippen LogP contribution in [0.15, 0.2) is 34.8 Å². The van der Waals surface area contributed by atoms with Gasteiger partial charge in [0, 0.05) is 16.5 Å². The zero-order chi connectivity index (χ0) is 15.6. The van der Waals surface area contributed by atoms with Crippen LogP contribution in [0.3, 0.4) is 0 Å². The van der Waals surface area contributed by atoms with Crippen molar-refractivity contribution in [2.75, 3.05) is 7.11 Å². The van der Waals surface area contributed by atoms with Crippen LogP contribution in [-0.4, -0.2) is 12.9 Å². The number of carbonyl (C=O) groups excluding carboxylic acids is 1. The Morgan fingerprint density at radius 1 is 1.24 bits per heavy atom. The molecular weight excluding hydrogens is 342 g/mol. The molecule has 0 saturated heterocycles. The van der Waals surface area contributed by atoms with Crippen molar-refractivity contribution in [3.63, 3.8) is 0 Å². The normalized spacial score (nSPS) is 10.5. The summed E-state index contributed by atoms with van der Waals surface area (Å²) in [4.78, 5) is 12.2. The molecule has 0 atom stereocenters. The smallest absolute Gasteiger partial charge is 0.173 e. The highest BCUT2D eigenvalue weighted by Crippen LogP contribution is 2.26. The third-order valence-electron chi connectivity index (χ3n) is 3.16. The Morgan fingerprint density at radius 3 is 2.62 bits per heavy atom. The van der Waals surface area contributed by atoms with Crippen molar-refractivity contribution in [1.82, 2.24) is 0 Å². The number of ether oxygens (including phenoxy) is 1. The molecule has 2 aromatic rings. The molecule has 0 aliphatic heterocycles. The number of ketones is 1. The molecule has 0 aliphatic carbocycles. The second-order valence-corrected chi connectivity index (χ2v) is 5.53. The Kier molecular flexibility index (Phi) is 4.73. The zero-order valence-electron chi connectivity index (χ0n) is 11.5. The molecule has 2 aromatic carbocycles. The number of hydrogen-bond donors (Lipinski definition) is 0. The van der Waals surface area contributed by atoms with Crippen molar-refractivity contribution in [1.29, 1.82) is 0 Å². The summed E-state index contributed by atoms with van der Waals surface area (Å²) < 4.78 is 33.6. The number of halogens is 3. The van der Waals surface area contributed by atoms with E-state index in [1.165, 1.54) is 20.1 Å². The first-order chi connectivity index (χ1) is 9.93. The number of benzene rings is 2. The number of methoxy groups -OCH3 is 1. The third-order valence-corrected chi connectivity index (χ3v) is 3.65. The first-order valence-electron chi connectivity index (χ1n) is 6.24. The second-order valence-electron chi connectivity index (χ2n) is 4.61. The fraction of sp³-hybridized carbons (Fsp3) is 0.188. The molecule has 0 spiro atoms. The van der Waals surface area contributed by atoms with E-state index in [4.69, 9.17) is 4.74 Å². The number of Topliss-reactive ketones (excluding diaryl/α,β-unsaturated/α-hetero) is 1. The maximum atomic E-state index is 14.0. The highest BCUT2D eigenvalue weighted by Gasteiger charge is 2.20. The van der Waals surface area contributed by atoms with Crippen molar-refractivity contribution >= 4 is 21.7 Å². The minimum atomic E-state index is -0.850. The van der Waals surface area contributed by atoms with Crippen molar-refractivity contribution in [2.45, 2.75) is 13.3 Å². The maximum absolute atomic E-state index is 14.0. The summed E-state index contributed by atoms with van der Waals surface area (Å²) in [6.07, 6.45) is -0.139. The van der Waals surface area contributed by atoms with Crippen molar-refractivity contribution < 1.29 is 18.3 Å². The number of rotatable bonds is 4. The Morgan fingerprint density at radius 2 is 1.95 bits per heavy atom. The van der Waals surface area contributed by atoms with Gasteiger partial charge in [0.05, 0.1) is 12.7 Å².